The molecule has 1 atom stereocenters. The summed E-state index contributed by atoms with van der Waals surface area (Å²) in [5.41, 5.74) is 1.92. The molecule has 3 rings (SSSR count). The predicted molar refractivity (Wildman–Crippen MR) is 93.0 cm³/mol. The highest BCUT2D eigenvalue weighted by molar-refractivity contribution is 8.00. The Kier molecular flexibility index (Phi) is 5.13. The Hall–Kier alpha value is -2.68. The van der Waals surface area contributed by atoms with E-state index >= 15 is 0 Å². The number of fused-ring (bicyclic) bond motifs is 1. The van der Waals surface area contributed by atoms with Gasteiger partial charge < -0.3 is 9.47 Å². The highest BCUT2D eigenvalue weighted by Crippen LogP contribution is 2.29. The van der Waals surface area contributed by atoms with Crippen LogP contribution in [0.25, 0.3) is 16.9 Å². The number of hydrogen-bond acceptors (Lipinski definition) is 8. The van der Waals surface area contributed by atoms with Gasteiger partial charge in [-0.25, -0.2) is 9.97 Å². The molecule has 0 radical (unpaired) electrons. The summed E-state index contributed by atoms with van der Waals surface area (Å²) in [7, 11) is 2.99. The normalized spacial score (nSPS) is 12.1. The van der Waals surface area contributed by atoms with E-state index in [9.17, 15) is 4.79 Å². The molecule has 0 aliphatic carbocycles. The molecule has 0 N–H and O–H groups in total. The van der Waals surface area contributed by atoms with Gasteiger partial charge in [-0.2, -0.15) is 4.68 Å². The lowest BCUT2D eigenvalue weighted by Crippen LogP contribution is -2.17. The number of carbonyl (C=O) groups excluding carboxylic acids is 1. The maximum absolute atomic E-state index is 11.8. The minimum atomic E-state index is -0.353. The van der Waals surface area contributed by atoms with Gasteiger partial charge in [0.25, 0.3) is 0 Å². The fourth-order valence-corrected chi connectivity index (χ4v) is 3.26. The molecule has 25 heavy (non-hydrogen) atoms. The van der Waals surface area contributed by atoms with Crippen LogP contribution in [0, 0.1) is 0 Å². The van der Waals surface area contributed by atoms with E-state index in [-0.39, 0.29) is 11.2 Å². The van der Waals surface area contributed by atoms with Gasteiger partial charge in [0.1, 0.15) is 22.4 Å². The number of esters is 1. The summed E-state index contributed by atoms with van der Waals surface area (Å²) >= 11 is 1.30. The summed E-state index contributed by atoms with van der Waals surface area (Å²) in [6, 6.07) is 7.41. The van der Waals surface area contributed by atoms with Crippen molar-refractivity contribution < 1.29 is 14.3 Å². The topological polar surface area (TPSA) is 92.0 Å². The number of benzene rings is 1. The van der Waals surface area contributed by atoms with Crippen molar-refractivity contribution in [1.82, 2.24) is 25.0 Å². The van der Waals surface area contributed by atoms with Crippen molar-refractivity contribution in [3.63, 3.8) is 0 Å². The Balaban J connectivity index is 1.98. The maximum Gasteiger partial charge on any atom is 0.319 e. The van der Waals surface area contributed by atoms with Gasteiger partial charge in [0, 0.05) is 0 Å². The highest BCUT2D eigenvalue weighted by Gasteiger charge is 2.22. The van der Waals surface area contributed by atoms with Crippen LogP contribution < -0.4 is 4.74 Å². The lowest BCUT2D eigenvalue weighted by molar-refractivity contribution is -0.140. The summed E-state index contributed by atoms with van der Waals surface area (Å²) < 4.78 is 11.6. The molecule has 9 heteroatoms. The zero-order valence-electron chi connectivity index (χ0n) is 14.0. The first-order chi connectivity index (χ1) is 12.2. The Morgan fingerprint density at radius 2 is 2.00 bits per heavy atom. The smallest absolute Gasteiger partial charge is 0.319 e. The summed E-state index contributed by atoms with van der Waals surface area (Å²) in [6.45, 7) is 1.92. The third-order valence-electron chi connectivity index (χ3n) is 3.61. The number of rotatable bonds is 6. The van der Waals surface area contributed by atoms with Gasteiger partial charge in [-0.05, 0) is 30.7 Å². The number of ether oxygens (including phenoxy) is 2. The van der Waals surface area contributed by atoms with E-state index in [0.717, 1.165) is 11.4 Å². The molecular formula is C16H17N5O3S. The summed E-state index contributed by atoms with van der Waals surface area (Å²) in [4.78, 5) is 20.4. The van der Waals surface area contributed by atoms with Gasteiger partial charge in [-0.3, -0.25) is 4.79 Å². The van der Waals surface area contributed by atoms with Crippen molar-refractivity contribution in [2.45, 2.75) is 23.6 Å². The number of nitrogens with zero attached hydrogens (tertiary/aromatic N) is 5. The van der Waals surface area contributed by atoms with Crippen LogP contribution in [0.5, 0.6) is 5.75 Å². The van der Waals surface area contributed by atoms with Gasteiger partial charge in [-0.1, -0.05) is 23.9 Å². The second-order valence-corrected chi connectivity index (χ2v) is 6.28. The van der Waals surface area contributed by atoms with E-state index in [1.54, 1.807) is 11.8 Å². The molecule has 0 aliphatic rings. The maximum atomic E-state index is 11.8. The van der Waals surface area contributed by atoms with E-state index in [0.29, 0.717) is 22.6 Å². The zero-order valence-corrected chi connectivity index (χ0v) is 14.9. The minimum Gasteiger partial charge on any atom is -0.497 e. The number of hydrogen-bond donors (Lipinski definition) is 0. The SMILES string of the molecule is CC[C@@H](Sc1ncnc2c1nnn2-c1ccc(OC)cc1)C(=O)OC. The van der Waals surface area contributed by atoms with Gasteiger partial charge in [0.2, 0.25) is 0 Å². The molecule has 130 valence electrons. The van der Waals surface area contributed by atoms with E-state index < -0.39 is 0 Å². The summed E-state index contributed by atoms with van der Waals surface area (Å²) in [6.07, 6.45) is 2.06. The van der Waals surface area contributed by atoms with E-state index in [1.165, 1.54) is 25.2 Å². The van der Waals surface area contributed by atoms with Crippen molar-refractivity contribution in [2.24, 2.45) is 0 Å². The van der Waals surface area contributed by atoms with Crippen molar-refractivity contribution in [1.29, 1.82) is 0 Å². The molecule has 0 spiro atoms. The highest BCUT2D eigenvalue weighted by atomic mass is 32.2. The lowest BCUT2D eigenvalue weighted by atomic mass is 10.3. The third kappa shape index (κ3) is 3.41. The third-order valence-corrected chi connectivity index (χ3v) is 4.94. The molecule has 3 aromatic rings. The Labute approximate surface area is 148 Å². The van der Waals surface area contributed by atoms with Crippen LogP contribution in [-0.2, 0) is 9.53 Å². The molecule has 2 heterocycles. The molecule has 0 amide bonds. The Morgan fingerprint density at radius 3 is 2.64 bits per heavy atom. The van der Waals surface area contributed by atoms with Crippen LogP contribution in [0.2, 0.25) is 0 Å². The zero-order chi connectivity index (χ0) is 17.8. The van der Waals surface area contributed by atoms with Gasteiger partial charge in [-0.15, -0.1) is 5.10 Å². The molecule has 1 aromatic carbocycles. The van der Waals surface area contributed by atoms with Crippen LogP contribution >= 0.6 is 11.8 Å². The van der Waals surface area contributed by atoms with Gasteiger partial charge in [0.15, 0.2) is 11.2 Å². The fraction of sp³-hybridized carbons (Fsp3) is 0.312. The quantitative estimate of drug-likeness (QED) is 0.376. The van der Waals surface area contributed by atoms with E-state index in [1.807, 2.05) is 31.2 Å². The molecule has 2 aromatic heterocycles. The molecule has 8 nitrogen and oxygen atoms in total. The van der Waals surface area contributed by atoms with Crippen LogP contribution in [0.4, 0.5) is 0 Å². The Bertz CT molecular complexity index is 881. The summed E-state index contributed by atoms with van der Waals surface area (Å²) in [5.74, 6) is 0.463. The molecule has 0 unspecified atom stereocenters. The van der Waals surface area contributed by atoms with Crippen molar-refractivity contribution in [2.75, 3.05) is 14.2 Å². The number of carbonyl (C=O) groups is 1. The van der Waals surface area contributed by atoms with Crippen LogP contribution in [0.1, 0.15) is 13.3 Å². The molecule has 0 bridgehead atoms. The summed E-state index contributed by atoms with van der Waals surface area (Å²) in [5, 5.41) is 8.61. The van der Waals surface area contributed by atoms with Crippen molar-refractivity contribution in [3.8, 4) is 11.4 Å². The largest absolute Gasteiger partial charge is 0.497 e. The second-order valence-electron chi connectivity index (χ2n) is 5.09. The molecular weight excluding hydrogens is 342 g/mol. The monoisotopic (exact) mass is 359 g/mol. The second kappa shape index (κ2) is 7.47. The molecule has 0 saturated carbocycles. The standard InChI is InChI=1S/C16H17N5O3S/c1-4-12(16(22)24-3)25-15-13-14(17-9-18-15)21(20-19-13)10-5-7-11(23-2)8-6-10/h5-9,12H,4H2,1-3H3/t12-/m1/s1. The first-order valence-electron chi connectivity index (χ1n) is 7.63. The minimum absolute atomic E-state index is 0.290. The molecule has 0 saturated heterocycles. The lowest BCUT2D eigenvalue weighted by Gasteiger charge is -2.11. The number of thioether (sulfide) groups is 1. The van der Waals surface area contributed by atoms with Crippen LogP contribution in [0.15, 0.2) is 35.6 Å². The van der Waals surface area contributed by atoms with E-state index in [4.69, 9.17) is 9.47 Å². The Morgan fingerprint density at radius 1 is 1.24 bits per heavy atom. The van der Waals surface area contributed by atoms with Crippen molar-refractivity contribution >= 4 is 28.9 Å². The van der Waals surface area contributed by atoms with Gasteiger partial charge >= 0.3 is 5.97 Å². The number of methoxy groups -OCH3 is 2. The first-order valence-corrected chi connectivity index (χ1v) is 8.51. The van der Waals surface area contributed by atoms with E-state index in [2.05, 4.69) is 20.3 Å². The molecule has 0 fully saturated rings. The van der Waals surface area contributed by atoms with Crippen LogP contribution in [-0.4, -0.2) is 50.4 Å². The molecule has 0 aliphatic heterocycles. The first kappa shape index (κ1) is 17.2. The average Bonchev–Trinajstić information content (AvgIpc) is 3.10. The fourth-order valence-electron chi connectivity index (χ4n) is 2.28. The van der Waals surface area contributed by atoms with Crippen molar-refractivity contribution in [3.05, 3.63) is 30.6 Å². The van der Waals surface area contributed by atoms with Gasteiger partial charge in [0.05, 0.1) is 19.9 Å². The average molecular weight is 359 g/mol. The predicted octanol–water partition coefficient (Wildman–Crippen LogP) is 2.26. The van der Waals surface area contributed by atoms with Crippen LogP contribution in [0.3, 0.4) is 0 Å². The number of aromatic nitrogens is 5.